The van der Waals surface area contributed by atoms with Crippen LogP contribution in [-0.2, 0) is 0 Å². The summed E-state index contributed by atoms with van der Waals surface area (Å²) in [5.74, 6) is -0.702. The lowest BCUT2D eigenvalue weighted by atomic mass is 9.99. The monoisotopic (exact) mass is 371 g/mol. The average molecular weight is 371 g/mol. The molecule has 0 amide bonds. The first kappa shape index (κ1) is 19.4. The number of carboxylic acids is 1. The molecular formula is C19H21N3O3S. The van der Waals surface area contributed by atoms with Crippen LogP contribution in [0.2, 0.25) is 0 Å². The number of thiocarbonyl (C=S) groups is 1. The van der Waals surface area contributed by atoms with Crippen LogP contribution in [0.4, 0.5) is 5.69 Å². The molecule has 2 aromatic rings. The summed E-state index contributed by atoms with van der Waals surface area (Å²) in [5.41, 5.74) is 5.42. The van der Waals surface area contributed by atoms with E-state index in [1.54, 1.807) is 18.2 Å². The summed E-state index contributed by atoms with van der Waals surface area (Å²) in [6, 6.07) is 10.3. The van der Waals surface area contributed by atoms with Crippen molar-refractivity contribution in [3.63, 3.8) is 0 Å². The van der Waals surface area contributed by atoms with E-state index in [1.165, 1.54) is 12.3 Å². The topological polar surface area (TPSA) is 94.0 Å². The molecule has 0 spiro atoms. The van der Waals surface area contributed by atoms with E-state index in [1.807, 2.05) is 32.9 Å². The van der Waals surface area contributed by atoms with Gasteiger partial charge in [0.15, 0.2) is 5.11 Å². The molecule has 0 aliphatic carbocycles. The summed E-state index contributed by atoms with van der Waals surface area (Å²) in [7, 11) is 0. The van der Waals surface area contributed by atoms with Crippen LogP contribution >= 0.6 is 12.2 Å². The molecule has 2 rings (SSSR count). The Bertz CT molecular complexity index is 863. The summed E-state index contributed by atoms with van der Waals surface area (Å²) in [6.07, 6.45) is 1.38. The van der Waals surface area contributed by atoms with Crippen LogP contribution in [0.3, 0.4) is 0 Å². The minimum absolute atomic E-state index is 0.148. The molecule has 0 unspecified atom stereocenters. The molecule has 0 saturated heterocycles. The average Bonchev–Trinajstić information content (AvgIpc) is 2.58. The Kier molecular flexibility index (Phi) is 6.30. The molecule has 0 aliphatic heterocycles. The smallest absolute Gasteiger partial charge is 0.336 e. The maximum atomic E-state index is 11.2. The first-order chi connectivity index (χ1) is 12.3. The lowest BCUT2D eigenvalue weighted by Crippen LogP contribution is -2.24. The quantitative estimate of drug-likeness (QED) is 0.276. The van der Waals surface area contributed by atoms with Gasteiger partial charge in [0.2, 0.25) is 0 Å². The Hall–Kier alpha value is -2.93. The number of nitrogens with zero attached hydrogens (tertiary/aromatic N) is 1. The Morgan fingerprint density at radius 1 is 1.23 bits per heavy atom. The van der Waals surface area contributed by atoms with Crippen molar-refractivity contribution in [1.29, 1.82) is 0 Å². The van der Waals surface area contributed by atoms with Crippen LogP contribution in [-0.4, -0.2) is 27.5 Å². The third-order valence-corrected chi connectivity index (χ3v) is 4.03. The molecule has 0 heterocycles. The van der Waals surface area contributed by atoms with Gasteiger partial charge in [0, 0.05) is 5.56 Å². The normalized spacial score (nSPS) is 10.9. The van der Waals surface area contributed by atoms with Crippen LogP contribution < -0.4 is 10.7 Å². The van der Waals surface area contributed by atoms with Crippen LogP contribution in [0.5, 0.6) is 5.75 Å². The van der Waals surface area contributed by atoms with Crippen molar-refractivity contribution in [2.24, 2.45) is 5.10 Å². The van der Waals surface area contributed by atoms with Crippen LogP contribution in [0.1, 0.15) is 46.8 Å². The molecule has 0 atom stereocenters. The largest absolute Gasteiger partial charge is 0.505 e. The first-order valence-electron chi connectivity index (χ1n) is 8.06. The van der Waals surface area contributed by atoms with Crippen molar-refractivity contribution >= 4 is 35.2 Å². The molecule has 7 heteroatoms. The Labute approximate surface area is 157 Å². The second-order valence-electron chi connectivity index (χ2n) is 6.07. The summed E-state index contributed by atoms with van der Waals surface area (Å²) in [6.45, 7) is 5.85. The van der Waals surface area contributed by atoms with Crippen molar-refractivity contribution in [3.8, 4) is 5.75 Å². The predicted molar refractivity (Wildman–Crippen MR) is 107 cm³/mol. The zero-order valence-electron chi connectivity index (χ0n) is 14.8. The third-order valence-electron chi connectivity index (χ3n) is 3.84. The fourth-order valence-corrected chi connectivity index (χ4v) is 2.59. The van der Waals surface area contributed by atoms with Gasteiger partial charge in [-0.05, 0) is 42.3 Å². The number of carbonyl (C=O) groups is 1. The van der Waals surface area contributed by atoms with Gasteiger partial charge in [-0.25, -0.2) is 4.79 Å². The van der Waals surface area contributed by atoms with Crippen LogP contribution in [0.25, 0.3) is 0 Å². The van der Waals surface area contributed by atoms with Gasteiger partial charge in [-0.15, -0.1) is 0 Å². The number of aromatic hydroxyl groups is 1. The maximum absolute atomic E-state index is 11.2. The van der Waals surface area contributed by atoms with Crippen LogP contribution in [0.15, 0.2) is 41.5 Å². The highest BCUT2D eigenvalue weighted by Gasteiger charge is 2.13. The summed E-state index contributed by atoms with van der Waals surface area (Å²) in [5, 5.41) is 26.7. The molecule has 4 N–H and O–H groups in total. The van der Waals surface area contributed by atoms with E-state index in [-0.39, 0.29) is 22.3 Å². The van der Waals surface area contributed by atoms with Crippen molar-refractivity contribution in [2.75, 3.05) is 5.32 Å². The zero-order valence-corrected chi connectivity index (χ0v) is 15.6. The minimum atomic E-state index is -1.03. The number of aromatic carboxylic acids is 1. The molecule has 6 nitrogen and oxygen atoms in total. The number of phenols is 1. The summed E-state index contributed by atoms with van der Waals surface area (Å²) < 4.78 is 0. The first-order valence-corrected chi connectivity index (χ1v) is 8.47. The van der Waals surface area contributed by atoms with E-state index in [0.717, 1.165) is 11.1 Å². The Morgan fingerprint density at radius 2 is 1.92 bits per heavy atom. The predicted octanol–water partition coefficient (Wildman–Crippen LogP) is 3.84. The molecule has 0 fully saturated rings. The highest BCUT2D eigenvalue weighted by molar-refractivity contribution is 7.80. The van der Waals surface area contributed by atoms with E-state index in [0.29, 0.717) is 11.3 Å². The van der Waals surface area contributed by atoms with Gasteiger partial charge in [0.25, 0.3) is 0 Å². The van der Waals surface area contributed by atoms with Gasteiger partial charge in [-0.1, -0.05) is 44.2 Å². The van der Waals surface area contributed by atoms with Gasteiger partial charge in [-0.3, -0.25) is 5.43 Å². The summed E-state index contributed by atoms with van der Waals surface area (Å²) >= 11 is 5.20. The number of hydrogen-bond acceptors (Lipinski definition) is 4. The van der Waals surface area contributed by atoms with Gasteiger partial charge in [0.1, 0.15) is 5.75 Å². The number of phenolic OH excluding ortho intramolecular Hbond substituents is 1. The number of carboxylic acid groups (broad SMARTS) is 1. The second kappa shape index (κ2) is 8.44. The molecular weight excluding hydrogens is 350 g/mol. The molecule has 26 heavy (non-hydrogen) atoms. The molecule has 0 bridgehead atoms. The number of hydrogen-bond donors (Lipinski definition) is 4. The Morgan fingerprint density at radius 3 is 2.58 bits per heavy atom. The van der Waals surface area contributed by atoms with Gasteiger partial charge < -0.3 is 15.5 Å². The standard InChI is InChI=1S/C19H21N3O3S/c1-11(2)14-9-8-12(3)16(17(14)23)21-19(26)22-20-10-13-6-4-5-7-15(13)18(24)25/h4-11,23H,1-3H3,(H,24,25)(H2,21,22,26)/b20-10+. The van der Waals surface area contributed by atoms with Gasteiger partial charge in [0.05, 0.1) is 17.5 Å². The Balaban J connectivity index is 2.11. The fraction of sp³-hybridized carbons (Fsp3) is 0.211. The second-order valence-corrected chi connectivity index (χ2v) is 6.47. The zero-order chi connectivity index (χ0) is 19.3. The molecule has 0 saturated carbocycles. The highest BCUT2D eigenvalue weighted by atomic mass is 32.1. The van der Waals surface area contributed by atoms with E-state index in [9.17, 15) is 9.90 Å². The van der Waals surface area contributed by atoms with E-state index < -0.39 is 5.97 Å². The molecule has 0 radical (unpaired) electrons. The molecule has 136 valence electrons. The van der Waals surface area contributed by atoms with Crippen molar-refractivity contribution in [2.45, 2.75) is 26.7 Å². The number of hydrazone groups is 1. The van der Waals surface area contributed by atoms with E-state index >= 15 is 0 Å². The van der Waals surface area contributed by atoms with Crippen molar-refractivity contribution in [1.82, 2.24) is 5.43 Å². The number of anilines is 1. The summed E-state index contributed by atoms with van der Waals surface area (Å²) in [4.78, 5) is 11.2. The molecule has 0 aromatic heterocycles. The molecule has 0 aliphatic rings. The fourth-order valence-electron chi connectivity index (χ4n) is 2.44. The highest BCUT2D eigenvalue weighted by Crippen LogP contribution is 2.35. The number of aryl methyl sites for hydroxylation is 1. The molecule has 2 aromatic carbocycles. The number of benzene rings is 2. The maximum Gasteiger partial charge on any atom is 0.336 e. The lowest BCUT2D eigenvalue weighted by molar-refractivity contribution is 0.0696. The van der Waals surface area contributed by atoms with Crippen molar-refractivity contribution < 1.29 is 15.0 Å². The minimum Gasteiger partial charge on any atom is -0.505 e. The van der Waals surface area contributed by atoms with Crippen LogP contribution in [0, 0.1) is 6.92 Å². The number of nitrogens with one attached hydrogen (secondary N) is 2. The third kappa shape index (κ3) is 4.58. The SMILES string of the molecule is Cc1ccc(C(C)C)c(O)c1NC(=S)N/N=C/c1ccccc1C(=O)O. The van der Waals surface area contributed by atoms with Gasteiger partial charge in [-0.2, -0.15) is 5.10 Å². The van der Waals surface area contributed by atoms with E-state index in [2.05, 4.69) is 15.8 Å². The van der Waals surface area contributed by atoms with Crippen molar-refractivity contribution in [3.05, 3.63) is 58.7 Å². The van der Waals surface area contributed by atoms with Gasteiger partial charge >= 0.3 is 5.97 Å². The lowest BCUT2D eigenvalue weighted by Gasteiger charge is -2.16. The van der Waals surface area contributed by atoms with E-state index in [4.69, 9.17) is 17.3 Å². The number of rotatable bonds is 5.